The Hall–Kier alpha value is -2.90. The minimum absolute atomic E-state index is 0.00325. The lowest BCUT2D eigenvalue weighted by molar-refractivity contribution is -0.139. The van der Waals surface area contributed by atoms with Crippen LogP contribution in [0.25, 0.3) is 0 Å². The normalized spacial score (nSPS) is 25.9. The van der Waals surface area contributed by atoms with Gasteiger partial charge in [-0.05, 0) is 68.0 Å². The molecular weight excluding hydrogens is 503 g/mol. The first-order valence-corrected chi connectivity index (χ1v) is 12.9. The van der Waals surface area contributed by atoms with Gasteiger partial charge in [0.25, 0.3) is 0 Å². The quantitative estimate of drug-likeness (QED) is 0.310. The van der Waals surface area contributed by atoms with E-state index in [0.717, 1.165) is 19.3 Å². The highest BCUT2D eigenvalue weighted by atomic mass is 35.5. The topological polar surface area (TPSA) is 84.0 Å². The van der Waals surface area contributed by atoms with Crippen LogP contribution < -0.4 is 14.5 Å². The molecule has 3 fully saturated rings. The summed E-state index contributed by atoms with van der Waals surface area (Å²) in [5, 5.41) is 0.584. The minimum atomic E-state index is -0.667. The first-order chi connectivity index (χ1) is 17.2. The van der Waals surface area contributed by atoms with Gasteiger partial charge in [0.1, 0.15) is 5.75 Å². The maximum absolute atomic E-state index is 13.1. The van der Waals surface area contributed by atoms with Crippen molar-refractivity contribution in [3.8, 4) is 5.75 Å². The number of ether oxygens (including phenoxy) is 1. The lowest BCUT2D eigenvalue weighted by atomic mass is 9.76. The highest BCUT2D eigenvalue weighted by Crippen LogP contribution is 2.43. The summed E-state index contributed by atoms with van der Waals surface area (Å²) in [6.07, 6.45) is 2.42. The molecule has 5 rings (SSSR count). The van der Waals surface area contributed by atoms with Gasteiger partial charge in [0.15, 0.2) is 0 Å². The Morgan fingerprint density at radius 2 is 1.75 bits per heavy atom. The molecule has 188 valence electrons. The van der Waals surface area contributed by atoms with Crippen LogP contribution in [0.2, 0.25) is 10.0 Å². The smallest absolute Gasteiger partial charge is 0.316 e. The zero-order valence-corrected chi connectivity index (χ0v) is 21.5. The minimum Gasteiger partial charge on any atom is -0.426 e. The van der Waals surface area contributed by atoms with Crippen LogP contribution in [0.1, 0.15) is 38.2 Å². The van der Waals surface area contributed by atoms with Gasteiger partial charge >= 0.3 is 5.97 Å². The van der Waals surface area contributed by atoms with E-state index in [2.05, 4.69) is 6.92 Å². The number of imide groups is 1. The molecule has 0 bridgehead atoms. The molecule has 4 atom stereocenters. The largest absolute Gasteiger partial charge is 0.426 e. The summed E-state index contributed by atoms with van der Waals surface area (Å²) in [5.41, 5.74) is 1.63. The van der Waals surface area contributed by atoms with Crippen LogP contribution in [0, 0.1) is 30.6 Å². The molecule has 2 saturated heterocycles. The van der Waals surface area contributed by atoms with Crippen LogP contribution in [-0.2, 0) is 19.2 Å². The van der Waals surface area contributed by atoms with Crippen molar-refractivity contribution in [2.45, 2.75) is 39.5 Å². The predicted octanol–water partition coefficient (Wildman–Crippen LogP) is 5.19. The SMILES string of the molecule is Cc1cc(OC(=O)[C@@H]2CC(=O)N(c3cccc(Cl)c3Cl)C2)ccc1N1C(=O)[C@H]2C[C@@H](C)CC[C@H]2C1=O. The molecule has 3 amide bonds. The van der Waals surface area contributed by atoms with Gasteiger partial charge in [-0.25, -0.2) is 4.90 Å². The van der Waals surface area contributed by atoms with Gasteiger partial charge in [-0.1, -0.05) is 36.2 Å². The maximum Gasteiger partial charge on any atom is 0.316 e. The summed E-state index contributed by atoms with van der Waals surface area (Å²) >= 11 is 12.3. The molecule has 0 radical (unpaired) electrons. The van der Waals surface area contributed by atoms with Crippen molar-refractivity contribution in [1.82, 2.24) is 0 Å². The average molecular weight is 529 g/mol. The number of aryl methyl sites for hydroxylation is 1. The van der Waals surface area contributed by atoms with Gasteiger partial charge in [-0.15, -0.1) is 0 Å². The van der Waals surface area contributed by atoms with Crippen molar-refractivity contribution >= 4 is 58.3 Å². The summed E-state index contributed by atoms with van der Waals surface area (Å²) in [7, 11) is 0. The zero-order chi connectivity index (χ0) is 25.7. The molecule has 1 aliphatic carbocycles. The van der Waals surface area contributed by atoms with Crippen LogP contribution >= 0.6 is 23.2 Å². The maximum atomic E-state index is 13.1. The molecule has 7 nitrogen and oxygen atoms in total. The van der Waals surface area contributed by atoms with Crippen LogP contribution in [0.15, 0.2) is 36.4 Å². The first-order valence-electron chi connectivity index (χ1n) is 12.1. The van der Waals surface area contributed by atoms with E-state index in [9.17, 15) is 19.2 Å². The molecule has 2 aromatic carbocycles. The van der Waals surface area contributed by atoms with Crippen molar-refractivity contribution in [1.29, 1.82) is 0 Å². The monoisotopic (exact) mass is 528 g/mol. The van der Waals surface area contributed by atoms with E-state index in [4.69, 9.17) is 27.9 Å². The molecule has 0 N–H and O–H groups in total. The third kappa shape index (κ3) is 4.28. The fourth-order valence-corrected chi connectivity index (χ4v) is 5.97. The molecule has 2 aliphatic heterocycles. The molecule has 0 unspecified atom stereocenters. The Kier molecular flexibility index (Phi) is 6.55. The third-order valence-electron chi connectivity index (χ3n) is 7.50. The van der Waals surface area contributed by atoms with E-state index < -0.39 is 11.9 Å². The van der Waals surface area contributed by atoms with Crippen LogP contribution in [0.3, 0.4) is 0 Å². The number of hydrogen-bond acceptors (Lipinski definition) is 5. The Balaban J connectivity index is 1.29. The number of nitrogens with zero attached hydrogens (tertiary/aromatic N) is 2. The predicted molar refractivity (Wildman–Crippen MR) is 136 cm³/mol. The Morgan fingerprint density at radius 1 is 1.00 bits per heavy atom. The van der Waals surface area contributed by atoms with Crippen molar-refractivity contribution < 1.29 is 23.9 Å². The van der Waals surface area contributed by atoms with Crippen molar-refractivity contribution in [2.75, 3.05) is 16.3 Å². The van der Waals surface area contributed by atoms with Crippen LogP contribution in [0.5, 0.6) is 5.75 Å². The van der Waals surface area contributed by atoms with Gasteiger partial charge in [0, 0.05) is 13.0 Å². The van der Waals surface area contributed by atoms with E-state index in [0.29, 0.717) is 27.9 Å². The van der Waals surface area contributed by atoms with Gasteiger partial charge in [0.05, 0.1) is 39.2 Å². The van der Waals surface area contributed by atoms with Crippen molar-refractivity contribution in [2.24, 2.45) is 23.7 Å². The van der Waals surface area contributed by atoms with Gasteiger partial charge in [0.2, 0.25) is 17.7 Å². The van der Waals surface area contributed by atoms with Crippen molar-refractivity contribution in [3.63, 3.8) is 0 Å². The number of anilines is 2. The van der Waals surface area contributed by atoms with E-state index in [1.54, 1.807) is 43.3 Å². The Bertz CT molecular complexity index is 1280. The van der Waals surface area contributed by atoms with E-state index >= 15 is 0 Å². The third-order valence-corrected chi connectivity index (χ3v) is 8.30. The van der Waals surface area contributed by atoms with E-state index in [1.807, 2.05) is 0 Å². The fraction of sp³-hybridized carbons (Fsp3) is 0.407. The number of hydrogen-bond donors (Lipinski definition) is 0. The summed E-state index contributed by atoms with van der Waals surface area (Å²) in [6.45, 7) is 4.03. The number of esters is 1. The molecule has 36 heavy (non-hydrogen) atoms. The second-order valence-corrected chi connectivity index (χ2v) is 10.8. The number of carbonyl (C=O) groups is 4. The number of rotatable bonds is 4. The number of fused-ring (bicyclic) bond motifs is 1. The van der Waals surface area contributed by atoms with E-state index in [1.165, 1.54) is 9.80 Å². The molecular formula is C27H26Cl2N2O5. The number of carbonyl (C=O) groups excluding carboxylic acids is 4. The summed E-state index contributed by atoms with van der Waals surface area (Å²) in [5.74, 6) is -1.52. The molecule has 0 aromatic heterocycles. The highest BCUT2D eigenvalue weighted by Gasteiger charge is 2.50. The van der Waals surface area contributed by atoms with Crippen LogP contribution in [0.4, 0.5) is 11.4 Å². The number of benzene rings is 2. The van der Waals surface area contributed by atoms with Gasteiger partial charge < -0.3 is 9.64 Å². The molecule has 1 saturated carbocycles. The molecule has 9 heteroatoms. The Morgan fingerprint density at radius 3 is 2.50 bits per heavy atom. The second kappa shape index (κ2) is 9.52. The van der Waals surface area contributed by atoms with Crippen LogP contribution in [-0.4, -0.2) is 30.2 Å². The molecule has 0 spiro atoms. The van der Waals surface area contributed by atoms with Crippen molar-refractivity contribution in [3.05, 3.63) is 52.0 Å². The highest BCUT2D eigenvalue weighted by molar-refractivity contribution is 6.44. The lowest BCUT2D eigenvalue weighted by Crippen LogP contribution is -2.31. The average Bonchev–Trinajstić information content (AvgIpc) is 3.33. The standard InChI is InChI=1S/C27H26Cl2N2O5/c1-14-6-8-18-19(10-14)26(34)31(25(18)33)21-9-7-17(11-15(21)2)36-27(35)16-12-23(32)30(13-16)22-5-3-4-20(28)24(22)29/h3-5,7,9,11,14,16,18-19H,6,8,10,12-13H2,1-2H3/t14-,16+,18+,19-/m0/s1. The molecule has 2 heterocycles. The molecule has 2 aromatic rings. The van der Waals surface area contributed by atoms with Gasteiger partial charge in [-0.2, -0.15) is 0 Å². The summed E-state index contributed by atoms with van der Waals surface area (Å²) in [4.78, 5) is 54.3. The second-order valence-electron chi connectivity index (χ2n) is 9.99. The fourth-order valence-electron chi connectivity index (χ4n) is 5.57. The number of amides is 3. The van der Waals surface area contributed by atoms with Gasteiger partial charge in [-0.3, -0.25) is 19.2 Å². The Labute approximate surface area is 219 Å². The zero-order valence-electron chi connectivity index (χ0n) is 20.0. The molecule has 3 aliphatic rings. The number of halogens is 2. The lowest BCUT2D eigenvalue weighted by Gasteiger charge is -2.25. The summed E-state index contributed by atoms with van der Waals surface area (Å²) in [6, 6.07) is 9.86. The van der Waals surface area contributed by atoms with E-state index in [-0.39, 0.29) is 53.3 Å². The summed E-state index contributed by atoms with van der Waals surface area (Å²) < 4.78 is 5.58. The first kappa shape index (κ1) is 24.8.